The lowest BCUT2D eigenvalue weighted by Crippen LogP contribution is -2.14. The minimum Gasteiger partial charge on any atom is -0.385 e. The summed E-state index contributed by atoms with van der Waals surface area (Å²) in [6, 6.07) is 1.90. The van der Waals surface area contributed by atoms with Gasteiger partial charge in [-0.3, -0.25) is 4.98 Å². The number of aryl methyl sites for hydroxylation is 2. The molecule has 5 nitrogen and oxygen atoms in total. The zero-order chi connectivity index (χ0) is 10.3. The van der Waals surface area contributed by atoms with Gasteiger partial charge in [0, 0.05) is 5.69 Å². The second-order valence-electron chi connectivity index (χ2n) is 3.23. The molecular weight excluding hydrogens is 180 g/mol. The van der Waals surface area contributed by atoms with E-state index in [1.54, 1.807) is 0 Å². The molecule has 3 N–H and O–H groups in total. The van der Waals surface area contributed by atoms with Gasteiger partial charge in [-0.1, -0.05) is 0 Å². The van der Waals surface area contributed by atoms with E-state index in [0.717, 1.165) is 16.6 Å². The van der Waals surface area contributed by atoms with E-state index in [1.165, 1.54) is 0 Å². The number of hydrogen-bond acceptors (Lipinski definition) is 4. The van der Waals surface area contributed by atoms with Gasteiger partial charge in [-0.15, -0.1) is 0 Å². The molecule has 2 heterocycles. The monoisotopic (exact) mass is 190 g/mol. The lowest BCUT2D eigenvalue weighted by atomic mass is 10.1. The fourth-order valence-corrected chi connectivity index (χ4v) is 1.53. The van der Waals surface area contributed by atoms with E-state index >= 15 is 0 Å². The van der Waals surface area contributed by atoms with Crippen molar-refractivity contribution in [3.8, 4) is 0 Å². The summed E-state index contributed by atoms with van der Waals surface area (Å²) in [5.74, 6) is 0.324. The Balaban J connectivity index is 3.01. The largest absolute Gasteiger partial charge is 0.385 e. The standard InChI is InChI=1S/C9H10N4O/c1-4-3-5(2)11-8-6(4)7(10)12-9(14)13-8/h3H,1-2H3,(H3,10,11,12,13,14). The summed E-state index contributed by atoms with van der Waals surface area (Å²) < 4.78 is 0. The average Bonchev–Trinajstić information content (AvgIpc) is 1.99. The highest BCUT2D eigenvalue weighted by molar-refractivity contribution is 5.88. The summed E-state index contributed by atoms with van der Waals surface area (Å²) in [7, 11) is 0. The minimum absolute atomic E-state index is 0.324. The Morgan fingerprint density at radius 1 is 1.36 bits per heavy atom. The molecule has 5 heteroatoms. The number of nitrogens with two attached hydrogens (primary N) is 1. The Kier molecular flexibility index (Phi) is 1.73. The molecule has 0 unspecified atom stereocenters. The molecule has 0 spiro atoms. The molecular formula is C9H10N4O. The zero-order valence-electron chi connectivity index (χ0n) is 7.96. The van der Waals surface area contributed by atoms with Gasteiger partial charge in [0.25, 0.3) is 0 Å². The first-order chi connectivity index (χ1) is 6.58. The Bertz CT molecular complexity index is 558. The number of H-pyrrole nitrogens is 1. The maximum atomic E-state index is 11.0. The van der Waals surface area contributed by atoms with Crippen molar-refractivity contribution in [2.24, 2.45) is 0 Å². The lowest BCUT2D eigenvalue weighted by Gasteiger charge is -2.04. The van der Waals surface area contributed by atoms with Crippen molar-refractivity contribution < 1.29 is 0 Å². The smallest absolute Gasteiger partial charge is 0.348 e. The van der Waals surface area contributed by atoms with Crippen molar-refractivity contribution >= 4 is 16.9 Å². The quantitative estimate of drug-likeness (QED) is 0.634. The number of nitrogens with one attached hydrogen (secondary N) is 1. The van der Waals surface area contributed by atoms with Crippen LogP contribution in [0.5, 0.6) is 0 Å². The van der Waals surface area contributed by atoms with Crippen molar-refractivity contribution in [3.05, 3.63) is 27.8 Å². The van der Waals surface area contributed by atoms with Gasteiger partial charge in [0.15, 0.2) is 5.65 Å². The second-order valence-corrected chi connectivity index (χ2v) is 3.23. The molecule has 2 aromatic heterocycles. The third kappa shape index (κ3) is 1.22. The first kappa shape index (κ1) is 8.68. The fraction of sp³-hybridized carbons (Fsp3) is 0.222. The van der Waals surface area contributed by atoms with Crippen molar-refractivity contribution in [2.75, 3.05) is 5.73 Å². The van der Waals surface area contributed by atoms with Crippen LogP contribution in [-0.4, -0.2) is 15.0 Å². The number of aromatic amines is 1. The normalized spacial score (nSPS) is 10.7. The predicted octanol–water partition coefficient (Wildman–Crippen LogP) is 0.517. The maximum Gasteiger partial charge on any atom is 0.348 e. The molecule has 0 saturated heterocycles. The molecule has 2 aromatic rings. The third-order valence-electron chi connectivity index (χ3n) is 2.04. The molecule has 0 aromatic carbocycles. The van der Waals surface area contributed by atoms with E-state index in [-0.39, 0.29) is 0 Å². The lowest BCUT2D eigenvalue weighted by molar-refractivity contribution is 1.08. The van der Waals surface area contributed by atoms with Gasteiger partial charge in [0.1, 0.15) is 5.82 Å². The van der Waals surface area contributed by atoms with Gasteiger partial charge >= 0.3 is 5.69 Å². The molecule has 0 fully saturated rings. The topological polar surface area (TPSA) is 84.7 Å². The van der Waals surface area contributed by atoms with Crippen LogP contribution >= 0.6 is 0 Å². The Morgan fingerprint density at radius 3 is 2.79 bits per heavy atom. The van der Waals surface area contributed by atoms with Crippen LogP contribution in [0.3, 0.4) is 0 Å². The Hall–Kier alpha value is -1.91. The molecule has 0 atom stereocenters. The van der Waals surface area contributed by atoms with Gasteiger partial charge in [-0.05, 0) is 25.5 Å². The average molecular weight is 190 g/mol. The second kappa shape index (κ2) is 2.80. The van der Waals surface area contributed by atoms with Crippen LogP contribution in [0.1, 0.15) is 11.3 Å². The van der Waals surface area contributed by atoms with E-state index in [0.29, 0.717) is 11.5 Å². The summed E-state index contributed by atoms with van der Waals surface area (Å²) in [5.41, 5.74) is 7.41. The van der Waals surface area contributed by atoms with Crippen LogP contribution < -0.4 is 11.4 Å². The molecule has 0 bridgehead atoms. The number of aromatic nitrogens is 3. The van der Waals surface area contributed by atoms with Crippen molar-refractivity contribution in [2.45, 2.75) is 13.8 Å². The third-order valence-corrected chi connectivity index (χ3v) is 2.04. The highest BCUT2D eigenvalue weighted by Crippen LogP contribution is 2.18. The maximum absolute atomic E-state index is 11.0. The SMILES string of the molecule is Cc1cc(C)c2c(N)[nH]c(=O)nc2n1. The van der Waals surface area contributed by atoms with Gasteiger partial charge in [-0.2, -0.15) is 4.98 Å². The van der Waals surface area contributed by atoms with Crippen molar-refractivity contribution in [1.29, 1.82) is 0 Å². The summed E-state index contributed by atoms with van der Waals surface area (Å²) in [6.07, 6.45) is 0. The Morgan fingerprint density at radius 2 is 2.07 bits per heavy atom. The summed E-state index contributed by atoms with van der Waals surface area (Å²) in [4.78, 5) is 21.4. The number of hydrogen-bond donors (Lipinski definition) is 2. The molecule has 14 heavy (non-hydrogen) atoms. The van der Waals surface area contributed by atoms with Crippen LogP contribution in [0, 0.1) is 13.8 Å². The Labute approximate surface area is 80.0 Å². The predicted molar refractivity (Wildman–Crippen MR) is 54.0 cm³/mol. The number of nitrogen functional groups attached to an aromatic ring is 1. The van der Waals surface area contributed by atoms with E-state index in [9.17, 15) is 4.79 Å². The number of anilines is 1. The zero-order valence-corrected chi connectivity index (χ0v) is 7.96. The molecule has 0 saturated carbocycles. The highest BCUT2D eigenvalue weighted by Gasteiger charge is 2.06. The first-order valence-electron chi connectivity index (χ1n) is 4.21. The molecule has 0 radical (unpaired) electrons. The molecule has 0 aliphatic carbocycles. The molecule has 72 valence electrons. The van der Waals surface area contributed by atoms with E-state index in [4.69, 9.17) is 5.73 Å². The van der Waals surface area contributed by atoms with E-state index < -0.39 is 5.69 Å². The summed E-state index contributed by atoms with van der Waals surface area (Å²) in [6.45, 7) is 3.76. The van der Waals surface area contributed by atoms with E-state index in [1.807, 2.05) is 19.9 Å². The van der Waals surface area contributed by atoms with Gasteiger partial charge in [-0.25, -0.2) is 9.78 Å². The minimum atomic E-state index is -0.465. The van der Waals surface area contributed by atoms with E-state index in [2.05, 4.69) is 15.0 Å². The molecule has 2 rings (SSSR count). The summed E-state index contributed by atoms with van der Waals surface area (Å²) >= 11 is 0. The van der Waals surface area contributed by atoms with Crippen molar-refractivity contribution in [3.63, 3.8) is 0 Å². The number of fused-ring (bicyclic) bond motifs is 1. The fourth-order valence-electron chi connectivity index (χ4n) is 1.53. The highest BCUT2D eigenvalue weighted by atomic mass is 16.1. The van der Waals surface area contributed by atoms with Crippen LogP contribution in [0.4, 0.5) is 5.82 Å². The van der Waals surface area contributed by atoms with Crippen LogP contribution in [0.25, 0.3) is 11.0 Å². The molecule has 0 aliphatic rings. The van der Waals surface area contributed by atoms with Crippen LogP contribution in [0.2, 0.25) is 0 Å². The molecule has 0 amide bonds. The first-order valence-corrected chi connectivity index (χ1v) is 4.21. The van der Waals surface area contributed by atoms with Gasteiger partial charge in [0.05, 0.1) is 5.39 Å². The number of rotatable bonds is 0. The number of pyridine rings is 1. The molecule has 0 aliphatic heterocycles. The summed E-state index contributed by atoms with van der Waals surface area (Å²) in [5, 5.41) is 0.718. The van der Waals surface area contributed by atoms with Gasteiger partial charge in [0.2, 0.25) is 0 Å². The van der Waals surface area contributed by atoms with Crippen LogP contribution in [0.15, 0.2) is 10.9 Å². The van der Waals surface area contributed by atoms with Gasteiger partial charge < -0.3 is 5.73 Å². The number of nitrogens with zero attached hydrogens (tertiary/aromatic N) is 2. The van der Waals surface area contributed by atoms with Crippen LogP contribution in [-0.2, 0) is 0 Å². The van der Waals surface area contributed by atoms with Crippen molar-refractivity contribution in [1.82, 2.24) is 15.0 Å².